The molecule has 0 unspecified atom stereocenters. The van der Waals surface area contributed by atoms with E-state index in [1.807, 2.05) is 0 Å². The number of hydrogen-bond acceptors (Lipinski definition) is 17. The average molecular weight is 835 g/mol. The van der Waals surface area contributed by atoms with Crippen molar-refractivity contribution in [3.63, 3.8) is 0 Å². The molecule has 2 heterocycles. The molecule has 0 atom stereocenters. The number of pyridine rings is 2. The van der Waals surface area contributed by atoms with Crippen LogP contribution < -0.4 is 29.6 Å². The molecule has 0 fully saturated rings. The maximum Gasteiger partial charge on any atom is 0.323 e. The van der Waals surface area contributed by atoms with Crippen molar-refractivity contribution in [3.8, 4) is 35.0 Å². The summed E-state index contributed by atoms with van der Waals surface area (Å²) in [6, 6.07) is 15.1. The Morgan fingerprint density at radius 1 is 0.569 bits per heavy atom. The van der Waals surface area contributed by atoms with Crippen LogP contribution in [-0.4, -0.2) is 80.6 Å². The number of aromatic nitrogens is 2. The Labute approximate surface area is 328 Å². The number of rotatable bonds is 12. The molecule has 2 amide bonds. The Bertz CT molecular complexity index is 2710. The lowest BCUT2D eigenvalue weighted by Gasteiger charge is -2.13. The fourth-order valence-electron chi connectivity index (χ4n) is 5.46. The van der Waals surface area contributed by atoms with Crippen LogP contribution in [-0.2, 0) is 20.2 Å². The number of phenolic OH excluding ortho intramolecular Hbond substituents is 2. The molecule has 2 aromatic heterocycles. The Balaban J connectivity index is 1.27. The molecule has 4 aromatic carbocycles. The zero-order chi connectivity index (χ0) is 41.9. The maximum absolute atomic E-state index is 13.1. The van der Waals surface area contributed by atoms with Crippen molar-refractivity contribution in [3.05, 3.63) is 72.8 Å². The lowest BCUT2D eigenvalue weighted by atomic mass is 10.1. The summed E-state index contributed by atoms with van der Waals surface area (Å²) >= 11 is 0. The molecule has 300 valence electrons. The first-order chi connectivity index (χ1) is 27.5. The van der Waals surface area contributed by atoms with E-state index in [1.54, 1.807) is 0 Å². The van der Waals surface area contributed by atoms with E-state index in [0.717, 1.165) is 12.1 Å². The second-order valence-electron chi connectivity index (χ2n) is 11.7. The second-order valence-corrected chi connectivity index (χ2v) is 14.5. The molecule has 0 aliphatic carbocycles. The lowest BCUT2D eigenvalue weighted by molar-refractivity contribution is 0.262. The third-order valence-electron chi connectivity index (χ3n) is 8.12. The van der Waals surface area contributed by atoms with Crippen molar-refractivity contribution in [2.45, 2.75) is 9.79 Å². The summed E-state index contributed by atoms with van der Waals surface area (Å²) in [4.78, 5) is 19.6. The van der Waals surface area contributed by atoms with Gasteiger partial charge in [0.25, 0.3) is 20.2 Å². The standard InChI is InChI=1S/C35H30N8O13S2/c1-53-27-11-9-23(33(38-27)55-3)40-42-29-25(57(47,48)49)15-17-13-19(5-7-21(17)31(29)44)36-35(46)37-20-6-8-22-18(14-20)16-26(58(50,51)52)30(32(22)45)43-41-24-10-12-28(54-2)39-34(24)56-4/h5-16,44-45H,1-4H3,(H2,36,37,46)(H,47,48,49)(H,50,51,52). The fraction of sp³-hybridized carbons (Fsp3) is 0.114. The minimum Gasteiger partial charge on any atom is -0.505 e. The van der Waals surface area contributed by atoms with E-state index in [9.17, 15) is 40.9 Å². The van der Waals surface area contributed by atoms with E-state index >= 15 is 0 Å². The summed E-state index contributed by atoms with van der Waals surface area (Å²) in [5.74, 6) is -0.948. The molecule has 6 N–H and O–H groups in total. The summed E-state index contributed by atoms with van der Waals surface area (Å²) in [5.41, 5.74) is -0.854. The number of nitrogens with one attached hydrogen (secondary N) is 2. The van der Waals surface area contributed by atoms with Crippen LogP contribution >= 0.6 is 0 Å². The number of fused-ring (bicyclic) bond motifs is 2. The number of ether oxygens (including phenoxy) is 4. The van der Waals surface area contributed by atoms with Crippen molar-refractivity contribution in [1.82, 2.24) is 9.97 Å². The molecule has 6 aromatic rings. The predicted octanol–water partition coefficient (Wildman–Crippen LogP) is 7.20. The van der Waals surface area contributed by atoms with Crippen LogP contribution in [0.1, 0.15) is 0 Å². The number of methoxy groups -OCH3 is 4. The fourth-order valence-corrected chi connectivity index (χ4v) is 6.77. The summed E-state index contributed by atoms with van der Waals surface area (Å²) in [5, 5.41) is 43.2. The number of anilines is 2. The number of aromatic hydroxyl groups is 2. The van der Waals surface area contributed by atoms with E-state index in [1.165, 1.54) is 89.1 Å². The number of urea groups is 1. The van der Waals surface area contributed by atoms with Gasteiger partial charge in [-0.1, -0.05) is 0 Å². The van der Waals surface area contributed by atoms with Gasteiger partial charge in [0.15, 0.2) is 11.5 Å². The van der Waals surface area contributed by atoms with Crippen molar-refractivity contribution < 1.29 is 59.9 Å². The van der Waals surface area contributed by atoms with Gasteiger partial charge in [-0.25, -0.2) is 4.79 Å². The zero-order valence-electron chi connectivity index (χ0n) is 30.4. The molecular formula is C35H30N8O13S2. The molecule has 0 saturated heterocycles. The zero-order valence-corrected chi connectivity index (χ0v) is 32.0. The normalized spacial score (nSPS) is 12.0. The smallest absolute Gasteiger partial charge is 0.323 e. The van der Waals surface area contributed by atoms with Crippen LogP contribution in [0.5, 0.6) is 35.0 Å². The number of carbonyl (C=O) groups excluding carboxylic acids is 1. The number of phenols is 2. The third kappa shape index (κ3) is 8.46. The summed E-state index contributed by atoms with van der Waals surface area (Å²) < 4.78 is 90.1. The first-order valence-corrected chi connectivity index (χ1v) is 19.1. The topological polar surface area (TPSA) is 302 Å². The van der Waals surface area contributed by atoms with Crippen molar-refractivity contribution in [1.29, 1.82) is 0 Å². The van der Waals surface area contributed by atoms with Gasteiger partial charge in [-0.3, -0.25) is 9.11 Å². The molecule has 21 nitrogen and oxygen atoms in total. The van der Waals surface area contributed by atoms with Crippen LogP contribution in [0.15, 0.2) is 103 Å². The van der Waals surface area contributed by atoms with Crippen LogP contribution in [0.3, 0.4) is 0 Å². The minimum absolute atomic E-state index is 0.0200. The number of amides is 2. The van der Waals surface area contributed by atoms with Gasteiger partial charge < -0.3 is 39.8 Å². The number of nitrogens with zero attached hydrogens (tertiary/aromatic N) is 6. The molecule has 23 heteroatoms. The van der Waals surface area contributed by atoms with Crippen molar-refractivity contribution in [2.75, 3.05) is 39.1 Å². The highest BCUT2D eigenvalue weighted by Crippen LogP contribution is 2.44. The van der Waals surface area contributed by atoms with E-state index in [4.69, 9.17) is 18.9 Å². The molecule has 0 aliphatic rings. The molecule has 0 saturated carbocycles. The van der Waals surface area contributed by atoms with E-state index < -0.39 is 58.9 Å². The number of benzene rings is 4. The first-order valence-electron chi connectivity index (χ1n) is 16.2. The number of hydrogen-bond donors (Lipinski definition) is 6. The monoisotopic (exact) mass is 834 g/mol. The Kier molecular flexibility index (Phi) is 11.2. The van der Waals surface area contributed by atoms with Gasteiger partial charge in [-0.15, -0.1) is 20.5 Å². The summed E-state index contributed by atoms with van der Waals surface area (Å²) in [7, 11) is -4.57. The first kappa shape index (κ1) is 40.5. The van der Waals surface area contributed by atoms with Gasteiger partial charge in [-0.05, 0) is 71.4 Å². The SMILES string of the molecule is COc1ccc(N=Nc2c(S(=O)(=O)O)cc3cc(NC(=O)Nc4ccc5c(O)c(N=Nc6ccc(OC)nc6OC)c(S(=O)(=O)O)cc5c4)ccc3c2O)c(OC)n1. The highest BCUT2D eigenvalue weighted by Gasteiger charge is 2.24. The van der Waals surface area contributed by atoms with Crippen LogP contribution in [0, 0.1) is 0 Å². The van der Waals surface area contributed by atoms with Gasteiger partial charge in [-0.2, -0.15) is 26.8 Å². The molecule has 58 heavy (non-hydrogen) atoms. The molecule has 0 aliphatic heterocycles. The lowest BCUT2D eigenvalue weighted by Crippen LogP contribution is -2.19. The van der Waals surface area contributed by atoms with Crippen molar-refractivity contribution >= 4 is 81.9 Å². The second kappa shape index (κ2) is 16.1. The van der Waals surface area contributed by atoms with Gasteiger partial charge in [0.1, 0.15) is 32.5 Å². The minimum atomic E-state index is -4.99. The molecule has 0 bridgehead atoms. The number of azo groups is 2. The maximum atomic E-state index is 13.1. The predicted molar refractivity (Wildman–Crippen MR) is 207 cm³/mol. The van der Waals surface area contributed by atoms with E-state index in [2.05, 4.69) is 41.1 Å². The number of carbonyl (C=O) groups is 1. The Morgan fingerprint density at radius 2 is 0.966 bits per heavy atom. The third-order valence-corrected chi connectivity index (χ3v) is 9.86. The molecule has 0 radical (unpaired) electrons. The quantitative estimate of drug-likeness (QED) is 0.0525. The molecular weight excluding hydrogens is 805 g/mol. The van der Waals surface area contributed by atoms with Crippen LogP contribution in [0.2, 0.25) is 0 Å². The molecule has 0 spiro atoms. The van der Waals surface area contributed by atoms with Gasteiger partial charge in [0.05, 0.1) is 28.4 Å². The summed E-state index contributed by atoms with van der Waals surface area (Å²) in [6.07, 6.45) is 0. The molecule has 6 rings (SSSR count). The van der Waals surface area contributed by atoms with Gasteiger partial charge in [0, 0.05) is 34.3 Å². The van der Waals surface area contributed by atoms with E-state index in [0.29, 0.717) is 0 Å². The average Bonchev–Trinajstić information content (AvgIpc) is 3.18. The highest BCUT2D eigenvalue weighted by atomic mass is 32.2. The van der Waals surface area contributed by atoms with Gasteiger partial charge in [0.2, 0.25) is 23.5 Å². The highest BCUT2D eigenvalue weighted by molar-refractivity contribution is 7.86. The largest absolute Gasteiger partial charge is 0.505 e. The van der Waals surface area contributed by atoms with Crippen LogP contribution in [0.25, 0.3) is 21.5 Å². The Morgan fingerprint density at radius 3 is 1.31 bits per heavy atom. The van der Waals surface area contributed by atoms with Crippen LogP contribution in [0.4, 0.5) is 38.9 Å². The van der Waals surface area contributed by atoms with E-state index in [-0.39, 0.29) is 67.8 Å². The van der Waals surface area contributed by atoms with Crippen molar-refractivity contribution in [2.24, 2.45) is 20.5 Å². The Hall–Kier alpha value is -7.21. The van der Waals surface area contributed by atoms with Gasteiger partial charge >= 0.3 is 6.03 Å². The summed E-state index contributed by atoms with van der Waals surface area (Å²) in [6.45, 7) is 0.